The summed E-state index contributed by atoms with van der Waals surface area (Å²) < 4.78 is 19.3. The topological polar surface area (TPSA) is 55.1 Å². The summed E-state index contributed by atoms with van der Waals surface area (Å²) >= 11 is 7.71. The van der Waals surface area contributed by atoms with Crippen molar-refractivity contribution in [1.82, 2.24) is 10.5 Å². The fourth-order valence-electron chi connectivity index (χ4n) is 2.64. The molecule has 1 atom stereocenters. The Labute approximate surface area is 153 Å². The van der Waals surface area contributed by atoms with Gasteiger partial charge in [0, 0.05) is 6.04 Å². The molecule has 130 valence electrons. The van der Waals surface area contributed by atoms with Crippen LogP contribution in [-0.2, 0) is 6.42 Å². The molecule has 25 heavy (non-hydrogen) atoms. The van der Waals surface area contributed by atoms with Crippen molar-refractivity contribution in [3.05, 3.63) is 62.8 Å². The van der Waals surface area contributed by atoms with Gasteiger partial charge in [0.25, 0.3) is 5.91 Å². The van der Waals surface area contributed by atoms with Gasteiger partial charge < -0.3 is 9.84 Å². The van der Waals surface area contributed by atoms with E-state index in [1.54, 1.807) is 24.3 Å². The lowest BCUT2D eigenvalue weighted by Crippen LogP contribution is -2.34. The second-order valence-corrected chi connectivity index (χ2v) is 6.96. The molecule has 1 unspecified atom stereocenters. The lowest BCUT2D eigenvalue weighted by atomic mass is 10.0. The molecule has 0 aliphatic carbocycles. The number of hydrogen-bond donors (Lipinski definition) is 1. The second kappa shape index (κ2) is 7.37. The molecule has 0 bridgehead atoms. The van der Waals surface area contributed by atoms with Crippen molar-refractivity contribution in [2.75, 3.05) is 0 Å². The first-order valence-electron chi connectivity index (χ1n) is 7.70. The number of thiophene rings is 1. The predicted octanol–water partition coefficient (Wildman–Crippen LogP) is 4.87. The van der Waals surface area contributed by atoms with E-state index in [4.69, 9.17) is 16.1 Å². The number of aryl methyl sites for hydroxylation is 1. The molecule has 0 saturated heterocycles. The van der Waals surface area contributed by atoms with Gasteiger partial charge in [0.1, 0.15) is 22.8 Å². The van der Waals surface area contributed by atoms with Crippen LogP contribution in [0.5, 0.6) is 0 Å². The Morgan fingerprint density at radius 1 is 1.44 bits per heavy atom. The molecule has 0 radical (unpaired) electrons. The van der Waals surface area contributed by atoms with Gasteiger partial charge in [0.15, 0.2) is 0 Å². The molecule has 7 heteroatoms. The molecule has 0 aliphatic rings. The standard InChI is InChI=1S/C18H16ClFN2O2S/c1-10(8-12-6-7-25-9-12)21-18(23)15-11(2)24-22-17(15)16-13(19)4-3-5-14(16)20/h3-7,9-10H,8H2,1-2H3,(H,21,23). The van der Waals surface area contributed by atoms with E-state index >= 15 is 0 Å². The van der Waals surface area contributed by atoms with Crippen LogP contribution in [-0.4, -0.2) is 17.1 Å². The maximum absolute atomic E-state index is 14.2. The molecule has 1 aromatic carbocycles. The Hall–Kier alpha value is -2.18. The van der Waals surface area contributed by atoms with Crippen LogP contribution in [0, 0.1) is 12.7 Å². The first-order chi connectivity index (χ1) is 12.0. The van der Waals surface area contributed by atoms with Gasteiger partial charge in [-0.2, -0.15) is 11.3 Å². The summed E-state index contributed by atoms with van der Waals surface area (Å²) in [5, 5.41) is 11.0. The third kappa shape index (κ3) is 3.75. The number of carbonyl (C=O) groups excluding carboxylic acids is 1. The molecule has 4 nitrogen and oxygen atoms in total. The van der Waals surface area contributed by atoms with Crippen LogP contribution in [0.4, 0.5) is 4.39 Å². The van der Waals surface area contributed by atoms with E-state index in [-0.39, 0.29) is 33.8 Å². The van der Waals surface area contributed by atoms with Crippen molar-refractivity contribution in [1.29, 1.82) is 0 Å². The molecule has 0 spiro atoms. The molecular formula is C18H16ClFN2O2S. The third-order valence-electron chi connectivity index (χ3n) is 3.79. The minimum Gasteiger partial charge on any atom is -0.360 e. The van der Waals surface area contributed by atoms with Gasteiger partial charge in [-0.15, -0.1) is 0 Å². The van der Waals surface area contributed by atoms with Crippen LogP contribution < -0.4 is 5.32 Å². The molecule has 0 aliphatic heterocycles. The normalized spacial score (nSPS) is 12.2. The lowest BCUT2D eigenvalue weighted by Gasteiger charge is -2.13. The fraction of sp³-hybridized carbons (Fsp3) is 0.222. The summed E-state index contributed by atoms with van der Waals surface area (Å²) in [6.45, 7) is 3.53. The van der Waals surface area contributed by atoms with Gasteiger partial charge in [-0.1, -0.05) is 22.8 Å². The summed E-state index contributed by atoms with van der Waals surface area (Å²) in [7, 11) is 0. The molecule has 0 fully saturated rings. The van der Waals surface area contributed by atoms with Crippen molar-refractivity contribution in [2.45, 2.75) is 26.3 Å². The molecule has 2 aromatic heterocycles. The van der Waals surface area contributed by atoms with Gasteiger partial charge in [0.05, 0.1) is 10.6 Å². The van der Waals surface area contributed by atoms with Crippen molar-refractivity contribution >= 4 is 28.8 Å². The fourth-order valence-corrected chi connectivity index (χ4v) is 3.58. The summed E-state index contributed by atoms with van der Waals surface area (Å²) in [6.07, 6.45) is 0.704. The van der Waals surface area contributed by atoms with Gasteiger partial charge in [0.2, 0.25) is 0 Å². The maximum atomic E-state index is 14.2. The number of aromatic nitrogens is 1. The number of rotatable bonds is 5. The maximum Gasteiger partial charge on any atom is 0.257 e. The van der Waals surface area contributed by atoms with E-state index in [1.807, 2.05) is 23.8 Å². The smallest absolute Gasteiger partial charge is 0.257 e. The highest BCUT2D eigenvalue weighted by Gasteiger charge is 2.26. The Morgan fingerprint density at radius 3 is 2.92 bits per heavy atom. The Bertz CT molecular complexity index is 872. The minimum atomic E-state index is -0.554. The number of hydrogen-bond acceptors (Lipinski definition) is 4. The minimum absolute atomic E-state index is 0.0663. The molecule has 1 amide bonds. The van der Waals surface area contributed by atoms with E-state index in [1.165, 1.54) is 12.1 Å². The van der Waals surface area contributed by atoms with Crippen LogP contribution >= 0.6 is 22.9 Å². The van der Waals surface area contributed by atoms with Crippen molar-refractivity contribution in [3.63, 3.8) is 0 Å². The Kier molecular flexibility index (Phi) is 5.20. The molecule has 3 aromatic rings. The molecule has 2 heterocycles. The quantitative estimate of drug-likeness (QED) is 0.689. The van der Waals surface area contributed by atoms with E-state index < -0.39 is 5.82 Å². The highest BCUT2D eigenvalue weighted by atomic mass is 35.5. The summed E-state index contributed by atoms with van der Waals surface area (Å²) in [5.41, 5.74) is 1.53. The van der Waals surface area contributed by atoms with Crippen molar-refractivity contribution in [2.24, 2.45) is 0 Å². The highest BCUT2D eigenvalue weighted by Crippen LogP contribution is 2.33. The van der Waals surface area contributed by atoms with Crippen LogP contribution in [0.1, 0.15) is 28.6 Å². The Balaban J connectivity index is 1.87. The number of amides is 1. The zero-order chi connectivity index (χ0) is 18.0. The molecule has 3 rings (SSSR count). The number of halogens is 2. The third-order valence-corrected chi connectivity index (χ3v) is 4.84. The summed E-state index contributed by atoms with van der Waals surface area (Å²) in [6, 6.07) is 6.23. The van der Waals surface area contributed by atoms with Crippen LogP contribution in [0.2, 0.25) is 5.02 Å². The predicted molar refractivity (Wildman–Crippen MR) is 96.6 cm³/mol. The zero-order valence-electron chi connectivity index (χ0n) is 13.7. The highest BCUT2D eigenvalue weighted by molar-refractivity contribution is 7.07. The van der Waals surface area contributed by atoms with E-state index in [0.29, 0.717) is 12.2 Å². The molecular weight excluding hydrogens is 363 g/mol. The lowest BCUT2D eigenvalue weighted by molar-refractivity contribution is 0.0939. The average Bonchev–Trinajstić information content (AvgIpc) is 3.17. The van der Waals surface area contributed by atoms with Gasteiger partial charge in [-0.3, -0.25) is 4.79 Å². The first-order valence-corrected chi connectivity index (χ1v) is 9.02. The SMILES string of the molecule is Cc1onc(-c2c(F)cccc2Cl)c1C(=O)NC(C)Cc1ccsc1. The van der Waals surface area contributed by atoms with E-state index in [2.05, 4.69) is 10.5 Å². The number of benzene rings is 1. The van der Waals surface area contributed by atoms with Crippen LogP contribution in [0.3, 0.4) is 0 Å². The monoisotopic (exact) mass is 378 g/mol. The average molecular weight is 379 g/mol. The summed E-state index contributed by atoms with van der Waals surface area (Å²) in [5.74, 6) is -0.605. The molecule has 0 saturated carbocycles. The number of nitrogens with zero attached hydrogens (tertiary/aromatic N) is 1. The summed E-state index contributed by atoms with van der Waals surface area (Å²) in [4.78, 5) is 12.7. The van der Waals surface area contributed by atoms with Gasteiger partial charge >= 0.3 is 0 Å². The van der Waals surface area contributed by atoms with Crippen molar-refractivity contribution < 1.29 is 13.7 Å². The number of carbonyl (C=O) groups is 1. The van der Waals surface area contributed by atoms with Crippen LogP contribution in [0.15, 0.2) is 39.5 Å². The number of nitrogens with one attached hydrogen (secondary N) is 1. The van der Waals surface area contributed by atoms with Crippen molar-refractivity contribution in [3.8, 4) is 11.3 Å². The second-order valence-electron chi connectivity index (χ2n) is 5.77. The van der Waals surface area contributed by atoms with Gasteiger partial charge in [-0.25, -0.2) is 4.39 Å². The first kappa shape index (κ1) is 17.6. The largest absolute Gasteiger partial charge is 0.360 e. The van der Waals surface area contributed by atoms with E-state index in [0.717, 1.165) is 5.56 Å². The Morgan fingerprint density at radius 2 is 2.24 bits per heavy atom. The van der Waals surface area contributed by atoms with Gasteiger partial charge in [-0.05, 0) is 54.8 Å². The van der Waals surface area contributed by atoms with E-state index in [9.17, 15) is 9.18 Å². The van der Waals surface area contributed by atoms with Crippen LogP contribution in [0.25, 0.3) is 11.3 Å². The molecule has 1 N–H and O–H groups in total. The zero-order valence-corrected chi connectivity index (χ0v) is 15.2.